The zero-order chi connectivity index (χ0) is 17.2. The summed E-state index contributed by atoms with van der Waals surface area (Å²) in [6, 6.07) is 5.86. The third-order valence-electron chi connectivity index (χ3n) is 4.55. The molecular weight excluding hydrogens is 302 g/mol. The first-order chi connectivity index (χ1) is 11.7. The van der Waals surface area contributed by atoms with E-state index in [9.17, 15) is 0 Å². The van der Waals surface area contributed by atoms with Gasteiger partial charge in [0.15, 0.2) is 0 Å². The number of rotatable bonds is 10. The molecule has 1 saturated heterocycles. The van der Waals surface area contributed by atoms with Gasteiger partial charge in [-0.15, -0.1) is 6.58 Å². The van der Waals surface area contributed by atoms with Crippen LogP contribution in [0.15, 0.2) is 30.9 Å². The minimum Gasteiger partial charge on any atom is -0.497 e. The molecular formula is C20H31NO3. The third-order valence-corrected chi connectivity index (χ3v) is 4.55. The number of benzene rings is 1. The van der Waals surface area contributed by atoms with E-state index in [4.69, 9.17) is 14.2 Å². The zero-order valence-electron chi connectivity index (χ0n) is 15.1. The second kappa shape index (κ2) is 10.4. The van der Waals surface area contributed by atoms with Gasteiger partial charge in [0.1, 0.15) is 18.1 Å². The van der Waals surface area contributed by atoms with Crippen molar-refractivity contribution in [2.24, 2.45) is 5.92 Å². The van der Waals surface area contributed by atoms with E-state index in [0.29, 0.717) is 13.2 Å². The van der Waals surface area contributed by atoms with E-state index >= 15 is 0 Å². The highest BCUT2D eigenvalue weighted by atomic mass is 16.5. The number of likely N-dealkylation sites (tertiary alicyclic amines) is 1. The number of nitrogens with zero attached hydrogens (tertiary/aromatic N) is 1. The Hall–Kier alpha value is -1.52. The second-order valence-electron chi connectivity index (χ2n) is 6.45. The van der Waals surface area contributed by atoms with Gasteiger partial charge < -0.3 is 19.1 Å². The topological polar surface area (TPSA) is 30.9 Å². The maximum atomic E-state index is 5.85. The predicted octanol–water partition coefficient (Wildman–Crippen LogP) is 3.55. The molecule has 4 heteroatoms. The molecule has 0 amide bonds. The Bertz CT molecular complexity index is 496. The summed E-state index contributed by atoms with van der Waals surface area (Å²) >= 11 is 0. The smallest absolute Gasteiger partial charge is 0.123 e. The quantitative estimate of drug-likeness (QED) is 0.484. The minimum atomic E-state index is 0.563. The van der Waals surface area contributed by atoms with Crippen molar-refractivity contribution in [1.29, 1.82) is 0 Å². The second-order valence-corrected chi connectivity index (χ2v) is 6.45. The fourth-order valence-electron chi connectivity index (χ4n) is 2.93. The maximum Gasteiger partial charge on any atom is 0.123 e. The highest BCUT2D eigenvalue weighted by molar-refractivity contribution is 5.41. The van der Waals surface area contributed by atoms with E-state index in [-0.39, 0.29) is 0 Å². The SMILES string of the molecule is C=CCc1cc(OC)ccc1OCCOCCN1CCC(C)CC1. The van der Waals surface area contributed by atoms with E-state index < -0.39 is 0 Å². The number of hydrogen-bond acceptors (Lipinski definition) is 4. The predicted molar refractivity (Wildman–Crippen MR) is 98.0 cm³/mol. The van der Waals surface area contributed by atoms with Crippen LogP contribution in [0.5, 0.6) is 11.5 Å². The Balaban J connectivity index is 1.64. The number of methoxy groups -OCH3 is 1. The molecule has 0 aliphatic carbocycles. The molecule has 1 aromatic carbocycles. The van der Waals surface area contributed by atoms with Crippen molar-refractivity contribution in [1.82, 2.24) is 4.90 Å². The van der Waals surface area contributed by atoms with Gasteiger partial charge in [0.05, 0.1) is 20.3 Å². The first-order valence-electron chi connectivity index (χ1n) is 8.93. The average Bonchev–Trinajstić information content (AvgIpc) is 2.60. The Labute approximate surface area is 146 Å². The van der Waals surface area contributed by atoms with E-state index in [1.807, 2.05) is 24.3 Å². The van der Waals surface area contributed by atoms with Crippen molar-refractivity contribution in [2.75, 3.05) is 46.6 Å². The Kier molecular flexibility index (Phi) is 8.13. The van der Waals surface area contributed by atoms with Crippen LogP contribution in [0.2, 0.25) is 0 Å². The lowest BCUT2D eigenvalue weighted by molar-refractivity contribution is 0.0707. The molecule has 1 aliphatic heterocycles. The van der Waals surface area contributed by atoms with Gasteiger partial charge in [-0.2, -0.15) is 0 Å². The highest BCUT2D eigenvalue weighted by Gasteiger charge is 2.14. The van der Waals surface area contributed by atoms with Gasteiger partial charge in [-0.1, -0.05) is 13.0 Å². The normalized spacial score (nSPS) is 16.1. The summed E-state index contributed by atoms with van der Waals surface area (Å²) in [4.78, 5) is 2.49. The number of ether oxygens (including phenoxy) is 3. The minimum absolute atomic E-state index is 0.563. The highest BCUT2D eigenvalue weighted by Crippen LogP contribution is 2.25. The third kappa shape index (κ3) is 6.17. The van der Waals surface area contributed by atoms with Gasteiger partial charge >= 0.3 is 0 Å². The molecule has 134 valence electrons. The fraction of sp³-hybridized carbons (Fsp3) is 0.600. The molecule has 24 heavy (non-hydrogen) atoms. The van der Waals surface area contributed by atoms with Crippen molar-refractivity contribution < 1.29 is 14.2 Å². The van der Waals surface area contributed by atoms with E-state index in [0.717, 1.165) is 42.6 Å². The molecule has 1 aromatic rings. The number of allylic oxidation sites excluding steroid dienone is 1. The van der Waals surface area contributed by atoms with Crippen LogP contribution in [0.1, 0.15) is 25.3 Å². The first-order valence-corrected chi connectivity index (χ1v) is 8.93. The van der Waals surface area contributed by atoms with Crippen molar-refractivity contribution >= 4 is 0 Å². The lowest BCUT2D eigenvalue weighted by atomic mass is 9.99. The van der Waals surface area contributed by atoms with Gasteiger partial charge in [-0.05, 0) is 56.5 Å². The molecule has 1 aliphatic rings. The van der Waals surface area contributed by atoms with Crippen LogP contribution < -0.4 is 9.47 Å². The monoisotopic (exact) mass is 333 g/mol. The lowest BCUT2D eigenvalue weighted by Crippen LogP contribution is -2.35. The summed E-state index contributed by atoms with van der Waals surface area (Å²) in [7, 11) is 1.67. The molecule has 0 unspecified atom stereocenters. The summed E-state index contributed by atoms with van der Waals surface area (Å²) in [6.45, 7) is 11.5. The molecule has 0 radical (unpaired) electrons. The van der Waals surface area contributed by atoms with Crippen molar-refractivity contribution in [3.63, 3.8) is 0 Å². The largest absolute Gasteiger partial charge is 0.497 e. The van der Waals surface area contributed by atoms with Crippen LogP contribution in [0.3, 0.4) is 0 Å². The molecule has 0 spiro atoms. The van der Waals surface area contributed by atoms with Crippen LogP contribution in [0, 0.1) is 5.92 Å². The molecule has 4 nitrogen and oxygen atoms in total. The van der Waals surface area contributed by atoms with Gasteiger partial charge in [0, 0.05) is 12.1 Å². The standard InChI is InChI=1S/C20H31NO3/c1-4-5-18-16-19(22-3)6-7-20(18)24-15-14-23-13-12-21-10-8-17(2)9-11-21/h4,6-7,16-17H,1,5,8-15H2,2-3H3. The lowest BCUT2D eigenvalue weighted by Gasteiger charge is -2.29. The molecule has 0 N–H and O–H groups in total. The van der Waals surface area contributed by atoms with Gasteiger partial charge in [-0.25, -0.2) is 0 Å². The van der Waals surface area contributed by atoms with Gasteiger partial charge in [0.25, 0.3) is 0 Å². The molecule has 0 atom stereocenters. The number of hydrogen-bond donors (Lipinski definition) is 0. The van der Waals surface area contributed by atoms with Crippen LogP contribution >= 0.6 is 0 Å². The Morgan fingerprint density at radius 2 is 2.00 bits per heavy atom. The molecule has 0 aromatic heterocycles. The van der Waals surface area contributed by atoms with E-state index in [1.165, 1.54) is 25.9 Å². The first kappa shape index (κ1) is 18.8. The summed E-state index contributed by atoms with van der Waals surface area (Å²) in [5.74, 6) is 2.60. The van der Waals surface area contributed by atoms with Crippen LogP contribution in [0.25, 0.3) is 0 Å². The molecule has 2 rings (SSSR count). The van der Waals surface area contributed by atoms with Crippen molar-refractivity contribution in [3.8, 4) is 11.5 Å². The Morgan fingerprint density at radius 3 is 2.71 bits per heavy atom. The summed E-state index contributed by atoms with van der Waals surface area (Å²) in [6.07, 6.45) is 5.26. The summed E-state index contributed by atoms with van der Waals surface area (Å²) in [5, 5.41) is 0. The summed E-state index contributed by atoms with van der Waals surface area (Å²) in [5.41, 5.74) is 1.09. The van der Waals surface area contributed by atoms with Gasteiger partial charge in [-0.3, -0.25) is 0 Å². The number of piperidine rings is 1. The van der Waals surface area contributed by atoms with Gasteiger partial charge in [0.2, 0.25) is 0 Å². The van der Waals surface area contributed by atoms with Crippen LogP contribution in [-0.4, -0.2) is 51.5 Å². The van der Waals surface area contributed by atoms with E-state index in [1.54, 1.807) is 7.11 Å². The van der Waals surface area contributed by atoms with Crippen LogP contribution in [-0.2, 0) is 11.2 Å². The van der Waals surface area contributed by atoms with Crippen molar-refractivity contribution in [3.05, 3.63) is 36.4 Å². The Morgan fingerprint density at radius 1 is 1.21 bits per heavy atom. The fourth-order valence-corrected chi connectivity index (χ4v) is 2.93. The van der Waals surface area contributed by atoms with E-state index in [2.05, 4.69) is 18.4 Å². The summed E-state index contributed by atoms with van der Waals surface area (Å²) < 4.78 is 16.8. The molecule has 1 fully saturated rings. The average molecular weight is 333 g/mol. The van der Waals surface area contributed by atoms with Crippen LogP contribution in [0.4, 0.5) is 0 Å². The molecule has 0 saturated carbocycles. The molecule has 0 bridgehead atoms. The zero-order valence-corrected chi connectivity index (χ0v) is 15.1. The van der Waals surface area contributed by atoms with Crippen molar-refractivity contribution in [2.45, 2.75) is 26.2 Å². The molecule has 1 heterocycles. The maximum absolute atomic E-state index is 5.85.